The summed E-state index contributed by atoms with van der Waals surface area (Å²) in [4.78, 5) is 13.4. The van der Waals surface area contributed by atoms with Gasteiger partial charge in [-0.15, -0.1) is 5.10 Å². The van der Waals surface area contributed by atoms with Crippen LogP contribution in [-0.2, 0) is 11.3 Å². The topological polar surface area (TPSA) is 71.2 Å². The Bertz CT molecular complexity index is 686. The maximum Gasteiger partial charge on any atom is 0.307 e. The number of carboxylic acids is 1. The van der Waals surface area contributed by atoms with Gasteiger partial charge >= 0.3 is 5.97 Å². The zero-order valence-corrected chi connectivity index (χ0v) is 13.6. The summed E-state index contributed by atoms with van der Waals surface area (Å²) in [5.74, 6) is -0.646. The second-order valence-corrected chi connectivity index (χ2v) is 6.64. The van der Waals surface area contributed by atoms with Crippen LogP contribution >= 0.6 is 11.6 Å². The highest BCUT2D eigenvalue weighted by atomic mass is 35.5. The zero-order valence-electron chi connectivity index (χ0n) is 12.9. The Labute approximate surface area is 139 Å². The van der Waals surface area contributed by atoms with Crippen LogP contribution in [0.4, 0.5) is 0 Å². The normalized spacial score (nSPS) is 22.2. The van der Waals surface area contributed by atoms with Gasteiger partial charge < -0.3 is 5.11 Å². The Kier molecular flexibility index (Phi) is 4.63. The summed E-state index contributed by atoms with van der Waals surface area (Å²) >= 11 is 5.89. The number of halogens is 1. The molecule has 2 atom stereocenters. The van der Waals surface area contributed by atoms with Crippen LogP contribution in [0.15, 0.2) is 30.5 Å². The molecule has 2 heterocycles. The Morgan fingerprint density at radius 3 is 2.78 bits per heavy atom. The van der Waals surface area contributed by atoms with Crippen molar-refractivity contribution < 1.29 is 9.90 Å². The lowest BCUT2D eigenvalue weighted by Gasteiger charge is -2.34. The number of nitrogens with zero attached hydrogens (tertiary/aromatic N) is 4. The van der Waals surface area contributed by atoms with E-state index in [4.69, 9.17) is 11.6 Å². The molecule has 3 rings (SSSR count). The molecular formula is C16H19ClN4O2. The number of piperidine rings is 1. The number of likely N-dealkylation sites (tertiary alicyclic amines) is 1. The summed E-state index contributed by atoms with van der Waals surface area (Å²) in [6, 6.07) is 7.37. The molecule has 0 saturated carbocycles. The Morgan fingerprint density at radius 1 is 1.35 bits per heavy atom. The maximum atomic E-state index is 11.2. The fraction of sp³-hybridized carbons (Fsp3) is 0.438. The summed E-state index contributed by atoms with van der Waals surface area (Å²) in [5.41, 5.74) is 1.72. The number of hydrogen-bond donors (Lipinski definition) is 1. The van der Waals surface area contributed by atoms with Gasteiger partial charge in [-0.1, -0.05) is 23.7 Å². The first-order valence-corrected chi connectivity index (χ1v) is 8.01. The van der Waals surface area contributed by atoms with Gasteiger partial charge in [-0.05, 0) is 36.6 Å². The molecule has 1 saturated heterocycles. The average molecular weight is 335 g/mol. The highest BCUT2D eigenvalue weighted by Crippen LogP contribution is 2.23. The molecule has 1 aliphatic rings. The van der Waals surface area contributed by atoms with E-state index in [2.05, 4.69) is 22.1 Å². The van der Waals surface area contributed by atoms with Gasteiger partial charge in [0.1, 0.15) is 0 Å². The Balaban J connectivity index is 1.69. The van der Waals surface area contributed by atoms with Gasteiger partial charge in [0, 0.05) is 24.7 Å². The second kappa shape index (κ2) is 6.68. The number of carboxylic acid groups (broad SMARTS) is 1. The standard InChI is InChI=1S/C16H19ClN4O2/c1-11-6-12(16(22)23)8-20(7-11)9-14-10-21(19-18-14)15-4-2-13(17)3-5-15/h2-5,10-12H,6-9H2,1H3,(H,22,23). The molecule has 0 amide bonds. The van der Waals surface area contributed by atoms with Crippen molar-refractivity contribution in [3.05, 3.63) is 41.2 Å². The quantitative estimate of drug-likeness (QED) is 0.930. The number of benzene rings is 1. The molecule has 2 aromatic rings. The minimum atomic E-state index is -0.716. The van der Waals surface area contributed by atoms with Crippen LogP contribution in [0.2, 0.25) is 5.02 Å². The van der Waals surface area contributed by atoms with E-state index in [0.717, 1.165) is 24.3 Å². The molecule has 0 aliphatic carbocycles. The molecule has 7 heteroatoms. The van der Waals surface area contributed by atoms with Gasteiger partial charge in [-0.25, -0.2) is 4.68 Å². The Hall–Kier alpha value is -1.92. The van der Waals surface area contributed by atoms with Crippen molar-refractivity contribution in [1.82, 2.24) is 19.9 Å². The third kappa shape index (κ3) is 3.89. The largest absolute Gasteiger partial charge is 0.481 e. The van der Waals surface area contributed by atoms with Crippen molar-refractivity contribution in [2.75, 3.05) is 13.1 Å². The first-order valence-electron chi connectivity index (χ1n) is 7.63. The summed E-state index contributed by atoms with van der Waals surface area (Å²) in [6.45, 7) is 4.15. The van der Waals surface area contributed by atoms with Gasteiger partial charge in [0.05, 0.1) is 23.5 Å². The number of rotatable bonds is 4. The molecule has 1 aromatic carbocycles. The minimum absolute atomic E-state index is 0.301. The van der Waals surface area contributed by atoms with Gasteiger partial charge in [0.15, 0.2) is 0 Å². The molecule has 23 heavy (non-hydrogen) atoms. The number of aromatic nitrogens is 3. The van der Waals surface area contributed by atoms with Crippen LogP contribution in [0, 0.1) is 11.8 Å². The molecule has 1 aromatic heterocycles. The van der Waals surface area contributed by atoms with E-state index < -0.39 is 5.97 Å². The third-order valence-electron chi connectivity index (χ3n) is 4.10. The van der Waals surface area contributed by atoms with Crippen LogP contribution in [0.3, 0.4) is 0 Å². The maximum absolute atomic E-state index is 11.2. The molecule has 6 nitrogen and oxygen atoms in total. The molecule has 0 bridgehead atoms. The number of aliphatic carboxylic acids is 1. The van der Waals surface area contributed by atoms with Crippen molar-refractivity contribution in [3.8, 4) is 5.69 Å². The van der Waals surface area contributed by atoms with Gasteiger partial charge in [-0.2, -0.15) is 0 Å². The summed E-state index contributed by atoms with van der Waals surface area (Å²) in [7, 11) is 0. The predicted octanol–water partition coefficient (Wildman–Crippen LogP) is 2.46. The predicted molar refractivity (Wildman–Crippen MR) is 86.6 cm³/mol. The smallest absolute Gasteiger partial charge is 0.307 e. The zero-order chi connectivity index (χ0) is 16.4. The van der Waals surface area contributed by atoms with Crippen molar-refractivity contribution in [1.29, 1.82) is 0 Å². The summed E-state index contributed by atoms with van der Waals surface area (Å²) < 4.78 is 1.70. The van der Waals surface area contributed by atoms with Gasteiger partial charge in [0.2, 0.25) is 0 Å². The average Bonchev–Trinajstić information content (AvgIpc) is 2.95. The van der Waals surface area contributed by atoms with Crippen LogP contribution in [-0.4, -0.2) is 44.1 Å². The third-order valence-corrected chi connectivity index (χ3v) is 4.35. The molecule has 2 unspecified atom stereocenters. The molecule has 1 aliphatic heterocycles. The number of hydrogen-bond acceptors (Lipinski definition) is 4. The van der Waals surface area contributed by atoms with Crippen molar-refractivity contribution in [2.24, 2.45) is 11.8 Å². The fourth-order valence-electron chi connectivity index (χ4n) is 3.09. The lowest BCUT2D eigenvalue weighted by molar-refractivity contribution is -0.144. The summed E-state index contributed by atoms with van der Waals surface area (Å²) in [5, 5.41) is 18.3. The van der Waals surface area contributed by atoms with Crippen molar-refractivity contribution in [3.63, 3.8) is 0 Å². The molecule has 0 radical (unpaired) electrons. The van der Waals surface area contributed by atoms with Crippen LogP contribution in [0.5, 0.6) is 0 Å². The van der Waals surface area contributed by atoms with E-state index in [9.17, 15) is 9.90 Å². The molecule has 1 N–H and O–H groups in total. The van der Waals surface area contributed by atoms with Crippen molar-refractivity contribution in [2.45, 2.75) is 19.9 Å². The highest BCUT2D eigenvalue weighted by Gasteiger charge is 2.29. The van der Waals surface area contributed by atoms with E-state index in [1.807, 2.05) is 30.5 Å². The molecular weight excluding hydrogens is 316 g/mol. The van der Waals surface area contributed by atoms with E-state index in [0.29, 0.717) is 24.0 Å². The van der Waals surface area contributed by atoms with Gasteiger partial charge in [-0.3, -0.25) is 9.69 Å². The summed E-state index contributed by atoms with van der Waals surface area (Å²) in [6.07, 6.45) is 2.61. The molecule has 122 valence electrons. The van der Waals surface area contributed by atoms with E-state index in [1.54, 1.807) is 4.68 Å². The van der Waals surface area contributed by atoms with Crippen LogP contribution < -0.4 is 0 Å². The molecule has 0 spiro atoms. The lowest BCUT2D eigenvalue weighted by atomic mass is 9.90. The number of carbonyl (C=O) groups is 1. The minimum Gasteiger partial charge on any atom is -0.481 e. The van der Waals surface area contributed by atoms with Crippen molar-refractivity contribution >= 4 is 17.6 Å². The van der Waals surface area contributed by atoms with Crippen LogP contribution in [0.25, 0.3) is 5.69 Å². The Morgan fingerprint density at radius 2 is 2.09 bits per heavy atom. The van der Waals surface area contributed by atoms with E-state index in [-0.39, 0.29) is 5.92 Å². The van der Waals surface area contributed by atoms with E-state index in [1.165, 1.54) is 0 Å². The molecule has 1 fully saturated rings. The first kappa shape index (κ1) is 16.0. The fourth-order valence-corrected chi connectivity index (χ4v) is 3.22. The highest BCUT2D eigenvalue weighted by molar-refractivity contribution is 6.30. The SMILES string of the molecule is CC1CC(C(=O)O)CN(Cc2cn(-c3ccc(Cl)cc3)nn2)C1. The van der Waals surface area contributed by atoms with E-state index >= 15 is 0 Å². The van der Waals surface area contributed by atoms with Crippen LogP contribution in [0.1, 0.15) is 19.0 Å². The van der Waals surface area contributed by atoms with Gasteiger partial charge in [0.25, 0.3) is 0 Å². The monoisotopic (exact) mass is 334 g/mol. The second-order valence-electron chi connectivity index (χ2n) is 6.20. The first-order chi connectivity index (χ1) is 11.0. The lowest BCUT2D eigenvalue weighted by Crippen LogP contribution is -2.42.